The molecule has 1 aliphatic heterocycles. The molecule has 2 heteroatoms. The van der Waals surface area contributed by atoms with Crippen molar-refractivity contribution in [3.8, 4) is 6.07 Å². The van der Waals surface area contributed by atoms with Crippen LogP contribution in [0.1, 0.15) is 12.5 Å². The van der Waals surface area contributed by atoms with E-state index in [1.165, 1.54) is 11.1 Å². The van der Waals surface area contributed by atoms with Crippen LogP contribution in [0.4, 0.5) is 0 Å². The average Bonchev–Trinajstić information content (AvgIpc) is 2.60. The molecule has 0 spiro atoms. The molecule has 0 aliphatic carbocycles. The van der Waals surface area contributed by atoms with E-state index in [1.807, 2.05) is 13.0 Å². The summed E-state index contributed by atoms with van der Waals surface area (Å²) in [4.78, 5) is 2.29. The largest absolute Gasteiger partial charge is 0.290 e. The molecule has 1 aromatic rings. The molecule has 0 saturated heterocycles. The quantitative estimate of drug-likeness (QED) is 0.729. The summed E-state index contributed by atoms with van der Waals surface area (Å²) in [5.74, 6) is 0. The maximum atomic E-state index is 8.89. The Morgan fingerprint density at radius 1 is 1.27 bits per heavy atom. The lowest BCUT2D eigenvalue weighted by atomic mass is 10.2. The van der Waals surface area contributed by atoms with Crippen molar-refractivity contribution in [2.75, 3.05) is 13.1 Å². The zero-order chi connectivity index (χ0) is 10.7. The Balaban J connectivity index is 1.99. The first-order chi connectivity index (χ1) is 7.29. The number of hydrogen-bond acceptors (Lipinski definition) is 2. The third kappa shape index (κ3) is 2.26. The number of benzene rings is 1. The summed E-state index contributed by atoms with van der Waals surface area (Å²) in [6.07, 6.45) is 0. The molecular formula is C13H14N2. The number of nitrogens with zero attached hydrogens (tertiary/aromatic N) is 2. The molecule has 1 aliphatic rings. The van der Waals surface area contributed by atoms with E-state index in [0.29, 0.717) is 0 Å². The van der Waals surface area contributed by atoms with Crippen molar-refractivity contribution >= 4 is 0 Å². The van der Waals surface area contributed by atoms with Crippen LogP contribution in [-0.4, -0.2) is 18.0 Å². The van der Waals surface area contributed by atoms with E-state index in [1.54, 1.807) is 0 Å². The monoisotopic (exact) mass is 198 g/mol. The smallest absolute Gasteiger partial charge is 0.0960 e. The predicted molar refractivity (Wildman–Crippen MR) is 60.0 cm³/mol. The molecule has 0 bridgehead atoms. The highest BCUT2D eigenvalue weighted by Gasteiger charge is 2.18. The molecule has 1 aromatic carbocycles. The Bertz CT molecular complexity index is 412. The lowest BCUT2D eigenvalue weighted by Gasteiger charge is -2.15. The SMILES string of the molecule is CC1=C(C#N)CN(Cc2ccccc2)C1. The third-order valence-electron chi connectivity index (χ3n) is 2.74. The van der Waals surface area contributed by atoms with Crippen LogP contribution in [0.3, 0.4) is 0 Å². The fourth-order valence-electron chi connectivity index (χ4n) is 1.93. The minimum atomic E-state index is 0.803. The van der Waals surface area contributed by atoms with Gasteiger partial charge in [0.1, 0.15) is 0 Å². The summed E-state index contributed by atoms with van der Waals surface area (Å²) < 4.78 is 0. The number of nitriles is 1. The zero-order valence-corrected chi connectivity index (χ0v) is 8.90. The van der Waals surface area contributed by atoms with Gasteiger partial charge in [-0.25, -0.2) is 0 Å². The lowest BCUT2D eigenvalue weighted by molar-refractivity contribution is 0.338. The molecule has 0 aromatic heterocycles. The van der Waals surface area contributed by atoms with Crippen molar-refractivity contribution in [2.45, 2.75) is 13.5 Å². The van der Waals surface area contributed by atoms with E-state index in [0.717, 1.165) is 25.2 Å². The Labute approximate surface area is 90.4 Å². The normalized spacial score (nSPS) is 16.8. The molecule has 1 heterocycles. The second kappa shape index (κ2) is 4.29. The van der Waals surface area contributed by atoms with Crippen molar-refractivity contribution in [3.63, 3.8) is 0 Å². The summed E-state index contributed by atoms with van der Waals surface area (Å²) in [5.41, 5.74) is 3.46. The van der Waals surface area contributed by atoms with Crippen LogP contribution in [0, 0.1) is 11.3 Å². The van der Waals surface area contributed by atoms with Gasteiger partial charge in [-0.1, -0.05) is 30.3 Å². The van der Waals surface area contributed by atoms with Crippen molar-refractivity contribution in [3.05, 3.63) is 47.0 Å². The standard InChI is InChI=1S/C13H14N2/c1-11-8-15(10-13(11)7-14)9-12-5-3-2-4-6-12/h2-6H,8-10H2,1H3. The molecule has 0 amide bonds. The average molecular weight is 198 g/mol. The highest BCUT2D eigenvalue weighted by molar-refractivity contribution is 5.33. The maximum absolute atomic E-state index is 8.89. The Morgan fingerprint density at radius 2 is 2.00 bits per heavy atom. The van der Waals surface area contributed by atoms with Gasteiger partial charge in [0.05, 0.1) is 6.07 Å². The molecule has 0 atom stereocenters. The summed E-state index contributed by atoms with van der Waals surface area (Å²) in [6.45, 7) is 4.71. The van der Waals surface area contributed by atoms with Crippen LogP contribution in [0.2, 0.25) is 0 Å². The van der Waals surface area contributed by atoms with E-state index >= 15 is 0 Å². The second-order valence-electron chi connectivity index (χ2n) is 4.00. The van der Waals surface area contributed by atoms with Crippen molar-refractivity contribution in [1.29, 1.82) is 5.26 Å². The highest BCUT2D eigenvalue weighted by atomic mass is 15.1. The second-order valence-corrected chi connectivity index (χ2v) is 4.00. The van der Waals surface area contributed by atoms with Gasteiger partial charge >= 0.3 is 0 Å². The minimum absolute atomic E-state index is 0.803. The fourth-order valence-corrected chi connectivity index (χ4v) is 1.93. The summed E-state index contributed by atoms with van der Waals surface area (Å²) in [7, 11) is 0. The Morgan fingerprint density at radius 3 is 2.60 bits per heavy atom. The van der Waals surface area contributed by atoms with E-state index in [2.05, 4.69) is 35.2 Å². The molecule has 0 N–H and O–H groups in total. The molecule has 2 rings (SSSR count). The van der Waals surface area contributed by atoms with E-state index in [-0.39, 0.29) is 0 Å². The van der Waals surface area contributed by atoms with Crippen LogP contribution >= 0.6 is 0 Å². The molecule has 0 radical (unpaired) electrons. The molecule has 2 nitrogen and oxygen atoms in total. The fraction of sp³-hybridized carbons (Fsp3) is 0.308. The summed E-state index contributed by atoms with van der Waals surface area (Å²) in [5, 5.41) is 8.89. The van der Waals surface area contributed by atoms with Crippen LogP contribution < -0.4 is 0 Å². The van der Waals surface area contributed by atoms with Gasteiger partial charge < -0.3 is 0 Å². The highest BCUT2D eigenvalue weighted by Crippen LogP contribution is 2.18. The molecule has 0 fully saturated rings. The topological polar surface area (TPSA) is 27.0 Å². The van der Waals surface area contributed by atoms with E-state index < -0.39 is 0 Å². The van der Waals surface area contributed by atoms with Gasteiger partial charge in [0.2, 0.25) is 0 Å². The van der Waals surface area contributed by atoms with Gasteiger partial charge in [-0.2, -0.15) is 5.26 Å². The molecule has 76 valence electrons. The zero-order valence-electron chi connectivity index (χ0n) is 8.90. The summed E-state index contributed by atoms with van der Waals surface area (Å²) in [6, 6.07) is 12.6. The molecule has 15 heavy (non-hydrogen) atoms. The van der Waals surface area contributed by atoms with E-state index in [4.69, 9.17) is 5.26 Å². The van der Waals surface area contributed by atoms with Gasteiger partial charge in [0.15, 0.2) is 0 Å². The lowest BCUT2D eigenvalue weighted by Crippen LogP contribution is -2.20. The third-order valence-corrected chi connectivity index (χ3v) is 2.74. The summed E-state index contributed by atoms with van der Waals surface area (Å²) >= 11 is 0. The van der Waals surface area contributed by atoms with Crippen molar-refractivity contribution < 1.29 is 0 Å². The van der Waals surface area contributed by atoms with Crippen LogP contribution in [0.15, 0.2) is 41.5 Å². The first kappa shape index (κ1) is 9.95. The van der Waals surface area contributed by atoms with Gasteiger partial charge in [0, 0.05) is 25.2 Å². The maximum Gasteiger partial charge on any atom is 0.0960 e. The predicted octanol–water partition coefficient (Wildman–Crippen LogP) is 2.34. The number of rotatable bonds is 2. The van der Waals surface area contributed by atoms with Gasteiger partial charge in [-0.15, -0.1) is 0 Å². The van der Waals surface area contributed by atoms with E-state index in [9.17, 15) is 0 Å². The number of hydrogen-bond donors (Lipinski definition) is 0. The molecule has 0 saturated carbocycles. The Hall–Kier alpha value is -1.59. The minimum Gasteiger partial charge on any atom is -0.290 e. The van der Waals surface area contributed by atoms with Crippen molar-refractivity contribution in [2.24, 2.45) is 0 Å². The Kier molecular flexibility index (Phi) is 2.84. The van der Waals surface area contributed by atoms with Crippen LogP contribution in [0.5, 0.6) is 0 Å². The van der Waals surface area contributed by atoms with Gasteiger partial charge in [0.25, 0.3) is 0 Å². The van der Waals surface area contributed by atoms with Crippen LogP contribution in [-0.2, 0) is 6.54 Å². The van der Waals surface area contributed by atoms with Crippen LogP contribution in [0.25, 0.3) is 0 Å². The molecular weight excluding hydrogens is 184 g/mol. The van der Waals surface area contributed by atoms with Crippen molar-refractivity contribution in [1.82, 2.24) is 4.90 Å². The first-order valence-electron chi connectivity index (χ1n) is 5.14. The van der Waals surface area contributed by atoms with Gasteiger partial charge in [-0.3, -0.25) is 4.90 Å². The van der Waals surface area contributed by atoms with Gasteiger partial charge in [-0.05, 0) is 18.1 Å². The first-order valence-corrected chi connectivity index (χ1v) is 5.14. The molecule has 0 unspecified atom stereocenters.